The number of cyclic esters (lactones) is 1. The number of ether oxygens (including phenoxy) is 8. The van der Waals surface area contributed by atoms with Crippen LogP contribution in [0, 0.1) is 98.1 Å². The maximum absolute atomic E-state index is 15.0. The third-order valence-corrected chi connectivity index (χ3v) is 27.3. The van der Waals surface area contributed by atoms with E-state index in [0.717, 1.165) is 102 Å². The Labute approximate surface area is 560 Å². The number of carbonyl (C=O) groups is 8. The lowest BCUT2D eigenvalue weighted by Crippen LogP contribution is -2.63. The molecule has 3 heterocycles. The molecule has 14 aliphatic rings. The van der Waals surface area contributed by atoms with Gasteiger partial charge in [-0.25, -0.2) is 9.59 Å². The number of rotatable bonds is 31. The highest BCUT2D eigenvalue weighted by molar-refractivity contribution is 5.84. The Balaban J connectivity index is 0.780. The van der Waals surface area contributed by atoms with Gasteiger partial charge >= 0.3 is 47.8 Å². The van der Waals surface area contributed by atoms with E-state index in [-0.39, 0.29) is 92.4 Å². The molecule has 0 radical (unpaired) electrons. The number of aliphatic hydroxyl groups is 1. The number of hydrogen-bond acceptors (Lipinski definition) is 17. The number of esters is 8. The van der Waals surface area contributed by atoms with Crippen LogP contribution in [0.1, 0.15) is 282 Å². The molecule has 14 atom stereocenters. The van der Waals surface area contributed by atoms with Crippen molar-refractivity contribution in [1.29, 1.82) is 0 Å². The Hall–Kier alpha value is -4.28. The summed E-state index contributed by atoms with van der Waals surface area (Å²) in [5.74, 6) is 0.302. The molecule has 0 aromatic rings. The van der Waals surface area contributed by atoms with E-state index in [1.54, 1.807) is 6.92 Å². The fraction of sp³-hybridized carbons (Fsp3) is 0.896. The molecular weight excluding hydrogens is 1200 g/mol. The molecule has 11 aliphatic carbocycles. The lowest BCUT2D eigenvalue weighted by Gasteiger charge is -2.62. The molecule has 14 fully saturated rings. The van der Waals surface area contributed by atoms with Gasteiger partial charge in [-0.3, -0.25) is 28.8 Å². The SMILES string of the molecule is CCC(C)(CCCC(C)(CCCC(C)(CCCC(C)(CCCC(C)(C)C(=O)OC12CC3CC(CC(O)(C3)C1)C2)C(=O)OCC(=O)OC1C2CC3CC(C2)C(=O)OC1C3)C(=O)OC1CCOC1=O)C(=O)OC1CCCC1C(C)C)C(=O)OC1(C(C)C)C2CC3CC(C2)CC1C3. The molecule has 0 aromatic carbocycles. The molecule has 528 valence electrons. The lowest BCUT2D eigenvalue weighted by molar-refractivity contribution is -0.232. The van der Waals surface area contributed by atoms with E-state index in [1.807, 2.05) is 34.6 Å². The molecule has 3 saturated heterocycles. The molecule has 94 heavy (non-hydrogen) atoms. The average molecular weight is 1320 g/mol. The lowest BCUT2D eigenvalue weighted by atomic mass is 9.47. The van der Waals surface area contributed by atoms with Gasteiger partial charge in [0.25, 0.3) is 0 Å². The molecular formula is C77H118O17. The highest BCUT2D eigenvalue weighted by Gasteiger charge is 2.63. The zero-order valence-electron chi connectivity index (χ0n) is 59.3. The van der Waals surface area contributed by atoms with Crippen LogP contribution in [0.15, 0.2) is 0 Å². The van der Waals surface area contributed by atoms with E-state index in [0.29, 0.717) is 113 Å². The normalized spacial score (nSPS) is 37.6. The van der Waals surface area contributed by atoms with Crippen LogP contribution in [0.2, 0.25) is 0 Å². The zero-order valence-corrected chi connectivity index (χ0v) is 59.3. The van der Waals surface area contributed by atoms with E-state index in [4.69, 9.17) is 37.9 Å². The van der Waals surface area contributed by atoms with E-state index >= 15 is 4.79 Å². The van der Waals surface area contributed by atoms with Crippen LogP contribution in [0.3, 0.4) is 0 Å². The van der Waals surface area contributed by atoms with Gasteiger partial charge in [-0.15, -0.1) is 0 Å². The van der Waals surface area contributed by atoms with E-state index in [2.05, 4.69) is 34.6 Å². The second-order valence-corrected chi connectivity index (χ2v) is 35.8. The van der Waals surface area contributed by atoms with E-state index < -0.39 is 92.7 Å². The highest BCUT2D eigenvalue weighted by atomic mass is 16.6. The van der Waals surface area contributed by atoms with Gasteiger partial charge in [-0.05, 0) is 268 Å². The third-order valence-electron chi connectivity index (χ3n) is 27.3. The van der Waals surface area contributed by atoms with Gasteiger partial charge in [0.15, 0.2) is 6.61 Å². The van der Waals surface area contributed by atoms with Gasteiger partial charge in [-0.1, -0.05) is 60.3 Å². The fourth-order valence-electron chi connectivity index (χ4n) is 22.0. The summed E-state index contributed by atoms with van der Waals surface area (Å²) in [5, 5.41) is 11.5. The van der Waals surface area contributed by atoms with Crippen LogP contribution in [-0.4, -0.2) is 107 Å². The van der Waals surface area contributed by atoms with Crippen LogP contribution >= 0.6 is 0 Å². The third kappa shape index (κ3) is 14.7. The molecule has 0 aromatic heterocycles. The van der Waals surface area contributed by atoms with Crippen molar-refractivity contribution in [2.75, 3.05) is 13.2 Å². The first-order valence-corrected chi connectivity index (χ1v) is 37.6. The van der Waals surface area contributed by atoms with E-state index in [9.17, 15) is 38.7 Å². The molecule has 17 nitrogen and oxygen atoms in total. The Morgan fingerprint density at radius 2 is 1.12 bits per heavy atom. The molecule has 14 rings (SSSR count). The molecule has 0 spiro atoms. The summed E-state index contributed by atoms with van der Waals surface area (Å²) in [5.41, 5.74) is -7.06. The van der Waals surface area contributed by atoms with Crippen LogP contribution in [0.5, 0.6) is 0 Å². The molecule has 17 heteroatoms. The summed E-state index contributed by atoms with van der Waals surface area (Å²) in [7, 11) is 0. The maximum Gasteiger partial charge on any atom is 0.347 e. The van der Waals surface area contributed by atoms with Crippen LogP contribution in [0.25, 0.3) is 0 Å². The molecule has 0 amide bonds. The standard InChI is InChI=1S/C77H118O17/c1-12-71(8,69(85)94-77(47(4)5)55-34-48-30-49(36-55)37-56(77)35-48)22-15-25-73(10,67(83)90-58-19-13-18-57(58)46(2)3)27-17-28-74(11,68(84)91-59-20-29-87-64(59)80)26-16-24-72(9,66(82)88-44-61(78)92-62-53-32-50-33-54(39-53)63(79)89-60(62)38-50)23-14-21-70(6,7)65(81)93-76-42-51-31-52(43-76)41-75(86,40-51)45-76/h46-60,62,86H,12-45H2,1-11H3. The zero-order chi connectivity index (χ0) is 67.6. The van der Waals surface area contributed by atoms with Crippen molar-refractivity contribution in [3.8, 4) is 0 Å². The monoisotopic (exact) mass is 1310 g/mol. The molecule has 1 N–H and O–H groups in total. The first-order chi connectivity index (χ1) is 44.3. The smallest absolute Gasteiger partial charge is 0.347 e. The van der Waals surface area contributed by atoms with Crippen molar-refractivity contribution >= 4 is 47.8 Å². The van der Waals surface area contributed by atoms with Gasteiger partial charge in [-0.2, -0.15) is 0 Å². The average Bonchev–Trinajstić information content (AvgIpc) is 0.900. The van der Waals surface area contributed by atoms with Crippen molar-refractivity contribution in [2.45, 2.75) is 323 Å². The van der Waals surface area contributed by atoms with Crippen LogP contribution in [0.4, 0.5) is 0 Å². The molecule has 12 bridgehead atoms. The number of hydrogen-bond donors (Lipinski definition) is 1. The number of carbonyl (C=O) groups excluding carboxylic acids is 8. The minimum atomic E-state index is -1.22. The Morgan fingerprint density at radius 1 is 0.564 bits per heavy atom. The summed E-state index contributed by atoms with van der Waals surface area (Å²) in [6.07, 6.45) is 18.9. The van der Waals surface area contributed by atoms with Crippen molar-refractivity contribution in [3.05, 3.63) is 0 Å². The largest absolute Gasteiger partial charge is 0.463 e. The van der Waals surface area contributed by atoms with Crippen molar-refractivity contribution in [1.82, 2.24) is 0 Å². The van der Waals surface area contributed by atoms with Gasteiger partial charge in [0.2, 0.25) is 6.10 Å². The van der Waals surface area contributed by atoms with Crippen LogP contribution in [-0.2, 0) is 76.3 Å². The van der Waals surface area contributed by atoms with Crippen molar-refractivity contribution in [2.24, 2.45) is 98.1 Å². The summed E-state index contributed by atoms with van der Waals surface area (Å²) >= 11 is 0. The van der Waals surface area contributed by atoms with Gasteiger partial charge in [0, 0.05) is 18.8 Å². The second kappa shape index (κ2) is 27.4. The highest BCUT2D eigenvalue weighted by Crippen LogP contribution is 2.63. The predicted molar refractivity (Wildman–Crippen MR) is 348 cm³/mol. The quantitative estimate of drug-likeness (QED) is 0.0502. The molecule has 14 unspecified atom stereocenters. The second-order valence-electron chi connectivity index (χ2n) is 35.8. The number of fused-ring (bicyclic) bond motifs is 1. The summed E-state index contributed by atoms with van der Waals surface area (Å²) in [4.78, 5) is 113. The van der Waals surface area contributed by atoms with E-state index in [1.165, 1.54) is 6.42 Å². The summed E-state index contributed by atoms with van der Waals surface area (Å²) in [6.45, 7) is 21.8. The fourth-order valence-corrected chi connectivity index (χ4v) is 22.0. The van der Waals surface area contributed by atoms with Gasteiger partial charge < -0.3 is 43.0 Å². The predicted octanol–water partition coefficient (Wildman–Crippen LogP) is 14.2. The minimum Gasteiger partial charge on any atom is -0.463 e. The first-order valence-electron chi connectivity index (χ1n) is 37.6. The Morgan fingerprint density at radius 3 is 1.67 bits per heavy atom. The maximum atomic E-state index is 15.0. The van der Waals surface area contributed by atoms with Gasteiger partial charge in [0.05, 0.1) is 45.2 Å². The van der Waals surface area contributed by atoms with Crippen molar-refractivity contribution in [3.63, 3.8) is 0 Å². The summed E-state index contributed by atoms with van der Waals surface area (Å²) in [6, 6.07) is 0. The molecule has 11 saturated carbocycles. The van der Waals surface area contributed by atoms with Crippen molar-refractivity contribution < 1.29 is 81.4 Å². The molecule has 3 aliphatic heterocycles. The Bertz CT molecular complexity index is 2780. The first kappa shape index (κ1) is 71.0. The topological polar surface area (TPSA) is 231 Å². The van der Waals surface area contributed by atoms with Gasteiger partial charge in [0.1, 0.15) is 29.5 Å². The minimum absolute atomic E-state index is 0.0214. The van der Waals surface area contributed by atoms with Crippen LogP contribution < -0.4 is 0 Å². The Kier molecular flexibility index (Phi) is 20.7. The summed E-state index contributed by atoms with van der Waals surface area (Å²) < 4.78 is 49.1.